The average Bonchev–Trinajstić information content (AvgIpc) is 3.50. The van der Waals surface area contributed by atoms with E-state index < -0.39 is 6.10 Å². The predicted molar refractivity (Wildman–Crippen MR) is 145 cm³/mol. The Kier molecular flexibility index (Phi) is 8.06. The number of nitrogens with one attached hydrogen (secondary N) is 1. The van der Waals surface area contributed by atoms with E-state index in [1.807, 2.05) is 60.4 Å². The van der Waals surface area contributed by atoms with Gasteiger partial charge in [-0.05, 0) is 72.2 Å². The molecule has 0 bridgehead atoms. The molecule has 5 nitrogen and oxygen atoms in total. The molecule has 1 N–H and O–H groups in total. The first-order valence-corrected chi connectivity index (χ1v) is 13.7. The van der Waals surface area contributed by atoms with Crippen molar-refractivity contribution >= 4 is 11.8 Å². The minimum absolute atomic E-state index is 0.0525. The van der Waals surface area contributed by atoms with Crippen LogP contribution in [-0.4, -0.2) is 29.4 Å². The topological polar surface area (TPSA) is 58.6 Å². The SMILES string of the molecule is CCC(Oc1ccc2c(c1)C(c1ccc(F)cc1)N(C(=O)C1CCCC1)CC2)C(=O)NCc1ccccc1. The number of benzene rings is 3. The van der Waals surface area contributed by atoms with Crippen molar-refractivity contribution in [3.8, 4) is 5.75 Å². The third-order valence-corrected chi connectivity index (χ3v) is 7.77. The number of ether oxygens (including phenoxy) is 1. The summed E-state index contributed by atoms with van der Waals surface area (Å²) in [5, 5.41) is 2.97. The highest BCUT2D eigenvalue weighted by Gasteiger charge is 2.36. The molecule has 198 valence electrons. The Morgan fingerprint density at radius 2 is 1.76 bits per heavy atom. The molecule has 2 unspecified atom stereocenters. The average molecular weight is 515 g/mol. The normalized spacial score (nSPS) is 18.1. The number of amides is 2. The first-order valence-electron chi connectivity index (χ1n) is 13.7. The van der Waals surface area contributed by atoms with E-state index in [1.54, 1.807) is 12.1 Å². The van der Waals surface area contributed by atoms with Gasteiger partial charge in [-0.15, -0.1) is 0 Å². The van der Waals surface area contributed by atoms with Gasteiger partial charge >= 0.3 is 0 Å². The summed E-state index contributed by atoms with van der Waals surface area (Å²) in [7, 11) is 0. The van der Waals surface area contributed by atoms with E-state index >= 15 is 0 Å². The monoisotopic (exact) mass is 514 g/mol. The van der Waals surface area contributed by atoms with Gasteiger partial charge in [0.2, 0.25) is 5.91 Å². The van der Waals surface area contributed by atoms with Crippen LogP contribution in [0.25, 0.3) is 0 Å². The lowest BCUT2D eigenvalue weighted by molar-refractivity contribution is -0.137. The number of fused-ring (bicyclic) bond motifs is 1. The van der Waals surface area contributed by atoms with Crippen molar-refractivity contribution in [1.82, 2.24) is 10.2 Å². The molecule has 6 heteroatoms. The fourth-order valence-electron chi connectivity index (χ4n) is 5.70. The van der Waals surface area contributed by atoms with E-state index in [1.165, 1.54) is 12.1 Å². The number of nitrogens with zero attached hydrogens (tertiary/aromatic N) is 1. The predicted octanol–water partition coefficient (Wildman–Crippen LogP) is 5.96. The Morgan fingerprint density at radius 1 is 1.03 bits per heavy atom. The standard InChI is InChI=1S/C32H35FN2O3/c1-2-29(31(36)34-21-22-8-4-3-5-9-22)38-27-17-14-23-18-19-35(32(37)25-10-6-7-11-25)30(28(23)20-27)24-12-15-26(33)16-13-24/h3-5,8-9,12-17,20,25,29-30H,2,6-7,10-11,18-19,21H2,1H3,(H,34,36). The van der Waals surface area contributed by atoms with E-state index in [0.29, 0.717) is 25.3 Å². The van der Waals surface area contributed by atoms with Gasteiger partial charge in [0, 0.05) is 19.0 Å². The van der Waals surface area contributed by atoms with Crippen LogP contribution < -0.4 is 10.1 Å². The highest BCUT2D eigenvalue weighted by molar-refractivity contribution is 5.81. The molecule has 1 aliphatic carbocycles. The van der Waals surface area contributed by atoms with E-state index in [-0.39, 0.29) is 29.6 Å². The van der Waals surface area contributed by atoms with Gasteiger partial charge in [0.05, 0.1) is 6.04 Å². The molecule has 5 rings (SSSR count). The molecule has 0 aromatic heterocycles. The van der Waals surface area contributed by atoms with Crippen molar-refractivity contribution in [2.75, 3.05) is 6.54 Å². The number of hydrogen-bond acceptors (Lipinski definition) is 3. The van der Waals surface area contributed by atoms with Crippen molar-refractivity contribution in [3.63, 3.8) is 0 Å². The maximum Gasteiger partial charge on any atom is 0.261 e. The third kappa shape index (κ3) is 5.74. The summed E-state index contributed by atoms with van der Waals surface area (Å²) in [5.74, 6) is 0.356. The van der Waals surface area contributed by atoms with Crippen LogP contribution in [0.3, 0.4) is 0 Å². The van der Waals surface area contributed by atoms with Crippen LogP contribution >= 0.6 is 0 Å². The number of carbonyl (C=O) groups is 2. The molecule has 38 heavy (non-hydrogen) atoms. The Morgan fingerprint density at radius 3 is 2.47 bits per heavy atom. The van der Waals surface area contributed by atoms with Gasteiger partial charge in [-0.1, -0.05) is 68.3 Å². The Hall–Kier alpha value is -3.67. The van der Waals surface area contributed by atoms with Crippen LogP contribution in [0.5, 0.6) is 5.75 Å². The van der Waals surface area contributed by atoms with Gasteiger partial charge in [0.15, 0.2) is 6.10 Å². The van der Waals surface area contributed by atoms with Crippen LogP contribution in [0.2, 0.25) is 0 Å². The van der Waals surface area contributed by atoms with Gasteiger partial charge in [0.1, 0.15) is 11.6 Å². The molecule has 3 aromatic carbocycles. The maximum absolute atomic E-state index is 13.8. The molecular weight excluding hydrogens is 479 g/mol. The molecule has 1 heterocycles. The molecule has 1 saturated carbocycles. The Bertz CT molecular complexity index is 1260. The summed E-state index contributed by atoms with van der Waals surface area (Å²) in [5.41, 5.74) is 4.03. The molecular formula is C32H35FN2O3. The van der Waals surface area contributed by atoms with Crippen molar-refractivity contribution < 1.29 is 18.7 Å². The molecule has 0 spiro atoms. The van der Waals surface area contributed by atoms with Gasteiger partial charge in [-0.2, -0.15) is 0 Å². The fourth-order valence-corrected chi connectivity index (χ4v) is 5.70. The number of rotatable bonds is 8. The lowest BCUT2D eigenvalue weighted by atomic mass is 9.87. The maximum atomic E-state index is 13.8. The van der Waals surface area contributed by atoms with Crippen LogP contribution in [0.4, 0.5) is 4.39 Å². The van der Waals surface area contributed by atoms with Crippen molar-refractivity contribution in [2.24, 2.45) is 5.92 Å². The highest BCUT2D eigenvalue weighted by atomic mass is 19.1. The molecule has 1 aliphatic heterocycles. The van der Waals surface area contributed by atoms with E-state index in [9.17, 15) is 14.0 Å². The van der Waals surface area contributed by atoms with Gasteiger partial charge in [-0.3, -0.25) is 9.59 Å². The van der Waals surface area contributed by atoms with Gasteiger partial charge in [-0.25, -0.2) is 4.39 Å². The van der Waals surface area contributed by atoms with Crippen LogP contribution in [0, 0.1) is 11.7 Å². The number of halogens is 1. The van der Waals surface area contributed by atoms with E-state index in [2.05, 4.69) is 5.32 Å². The van der Waals surface area contributed by atoms with Crippen LogP contribution in [0.1, 0.15) is 67.3 Å². The van der Waals surface area contributed by atoms with Crippen LogP contribution in [-0.2, 0) is 22.6 Å². The summed E-state index contributed by atoms with van der Waals surface area (Å²) >= 11 is 0. The van der Waals surface area contributed by atoms with Gasteiger partial charge in [0.25, 0.3) is 5.91 Å². The molecule has 2 atom stereocenters. The molecule has 0 radical (unpaired) electrons. The zero-order valence-corrected chi connectivity index (χ0v) is 21.9. The minimum Gasteiger partial charge on any atom is -0.481 e. The van der Waals surface area contributed by atoms with Crippen molar-refractivity contribution in [3.05, 3.63) is 101 Å². The largest absolute Gasteiger partial charge is 0.481 e. The summed E-state index contributed by atoms with van der Waals surface area (Å²) in [6, 6.07) is 21.8. The quantitative estimate of drug-likeness (QED) is 0.403. The zero-order valence-electron chi connectivity index (χ0n) is 21.9. The Labute approximate surface area is 224 Å². The highest BCUT2D eigenvalue weighted by Crippen LogP contribution is 2.40. The molecule has 3 aromatic rings. The van der Waals surface area contributed by atoms with E-state index in [4.69, 9.17) is 4.74 Å². The molecule has 1 fully saturated rings. The summed E-state index contributed by atoms with van der Waals surface area (Å²) in [6.45, 7) is 2.99. The molecule has 0 saturated heterocycles. The summed E-state index contributed by atoms with van der Waals surface area (Å²) in [4.78, 5) is 28.5. The van der Waals surface area contributed by atoms with Crippen molar-refractivity contribution in [2.45, 2.75) is 64.1 Å². The smallest absolute Gasteiger partial charge is 0.261 e. The molecule has 2 amide bonds. The van der Waals surface area contributed by atoms with Crippen molar-refractivity contribution in [1.29, 1.82) is 0 Å². The minimum atomic E-state index is -0.638. The zero-order chi connectivity index (χ0) is 26.5. The lowest BCUT2D eigenvalue weighted by Gasteiger charge is -2.39. The number of hydrogen-bond donors (Lipinski definition) is 1. The first kappa shape index (κ1) is 26.0. The second-order valence-electron chi connectivity index (χ2n) is 10.3. The second kappa shape index (κ2) is 11.8. The second-order valence-corrected chi connectivity index (χ2v) is 10.3. The number of carbonyl (C=O) groups excluding carboxylic acids is 2. The first-order chi connectivity index (χ1) is 18.5. The van der Waals surface area contributed by atoms with Crippen LogP contribution in [0.15, 0.2) is 72.8 Å². The third-order valence-electron chi connectivity index (χ3n) is 7.77. The molecule has 2 aliphatic rings. The lowest BCUT2D eigenvalue weighted by Crippen LogP contribution is -2.43. The fraction of sp³-hybridized carbons (Fsp3) is 0.375. The summed E-state index contributed by atoms with van der Waals surface area (Å²) in [6.07, 6.45) is 4.66. The van der Waals surface area contributed by atoms with E-state index in [0.717, 1.165) is 54.4 Å². The Balaban J connectivity index is 1.39. The van der Waals surface area contributed by atoms with Gasteiger partial charge < -0.3 is 15.0 Å². The summed E-state index contributed by atoms with van der Waals surface area (Å²) < 4.78 is 20.0.